The van der Waals surface area contributed by atoms with E-state index in [1.54, 1.807) is 31.2 Å². The van der Waals surface area contributed by atoms with Crippen LogP contribution in [0.1, 0.15) is 22.8 Å². The Hall–Kier alpha value is -1.59. The van der Waals surface area contributed by atoms with Crippen LogP contribution in [0.15, 0.2) is 24.3 Å². The molecule has 1 atom stereocenters. The van der Waals surface area contributed by atoms with Crippen molar-refractivity contribution in [3.8, 4) is 11.8 Å². The lowest BCUT2D eigenvalue weighted by molar-refractivity contribution is 0.112. The number of hydrogen-bond donors (Lipinski definition) is 1. The van der Waals surface area contributed by atoms with Crippen LogP contribution in [0.4, 0.5) is 0 Å². The van der Waals surface area contributed by atoms with Gasteiger partial charge in [-0.1, -0.05) is 24.0 Å². The molecule has 0 amide bonds. The molecule has 0 radical (unpaired) electrons. The van der Waals surface area contributed by atoms with Crippen molar-refractivity contribution >= 4 is 6.29 Å². The average molecular weight is 174 g/mol. The van der Waals surface area contributed by atoms with Crippen LogP contribution >= 0.6 is 0 Å². The van der Waals surface area contributed by atoms with Gasteiger partial charge in [-0.25, -0.2) is 0 Å². The number of carbonyl (C=O) groups is 1. The van der Waals surface area contributed by atoms with E-state index in [9.17, 15) is 4.79 Å². The van der Waals surface area contributed by atoms with E-state index in [1.807, 2.05) is 0 Å². The number of hydrogen-bond acceptors (Lipinski definition) is 2. The Balaban J connectivity index is 2.91. The van der Waals surface area contributed by atoms with Gasteiger partial charge < -0.3 is 5.11 Å². The third-order valence-electron chi connectivity index (χ3n) is 1.45. The van der Waals surface area contributed by atoms with Crippen molar-refractivity contribution in [1.82, 2.24) is 0 Å². The Morgan fingerprint density at radius 2 is 2.31 bits per heavy atom. The van der Waals surface area contributed by atoms with Gasteiger partial charge in [0.2, 0.25) is 0 Å². The van der Waals surface area contributed by atoms with Crippen LogP contribution < -0.4 is 0 Å². The van der Waals surface area contributed by atoms with Crippen LogP contribution in [0.25, 0.3) is 0 Å². The summed E-state index contributed by atoms with van der Waals surface area (Å²) in [6.45, 7) is 1.59. The van der Waals surface area contributed by atoms with Gasteiger partial charge >= 0.3 is 0 Å². The molecule has 0 aromatic heterocycles. The van der Waals surface area contributed by atoms with Gasteiger partial charge in [0.15, 0.2) is 0 Å². The van der Waals surface area contributed by atoms with E-state index in [0.717, 1.165) is 11.8 Å². The topological polar surface area (TPSA) is 37.3 Å². The molecule has 13 heavy (non-hydrogen) atoms. The fourth-order valence-corrected chi connectivity index (χ4v) is 0.878. The maximum Gasteiger partial charge on any atom is 0.150 e. The van der Waals surface area contributed by atoms with Crippen molar-refractivity contribution in [3.05, 3.63) is 35.4 Å². The Bertz CT molecular complexity index is 356. The molecule has 1 aromatic carbocycles. The fraction of sp³-hybridized carbons (Fsp3) is 0.182. The van der Waals surface area contributed by atoms with Gasteiger partial charge in [-0.05, 0) is 19.1 Å². The second-order valence-electron chi connectivity index (χ2n) is 2.69. The Labute approximate surface area is 77.2 Å². The first-order chi connectivity index (χ1) is 6.22. The summed E-state index contributed by atoms with van der Waals surface area (Å²) in [4.78, 5) is 10.4. The summed E-state index contributed by atoms with van der Waals surface area (Å²) < 4.78 is 0. The highest BCUT2D eigenvalue weighted by Crippen LogP contribution is 2.01. The number of benzene rings is 1. The van der Waals surface area contributed by atoms with Crippen molar-refractivity contribution in [1.29, 1.82) is 0 Å². The van der Waals surface area contributed by atoms with E-state index < -0.39 is 6.10 Å². The van der Waals surface area contributed by atoms with Crippen LogP contribution in [0, 0.1) is 11.8 Å². The summed E-state index contributed by atoms with van der Waals surface area (Å²) >= 11 is 0. The first-order valence-corrected chi connectivity index (χ1v) is 3.97. The van der Waals surface area contributed by atoms with Gasteiger partial charge in [0.1, 0.15) is 12.4 Å². The molecular weight excluding hydrogens is 164 g/mol. The molecule has 0 aliphatic carbocycles. The maximum absolute atomic E-state index is 10.4. The predicted octanol–water partition coefficient (Wildman–Crippen LogP) is 1.23. The minimum atomic E-state index is -0.639. The highest BCUT2D eigenvalue weighted by Gasteiger charge is 1.90. The third-order valence-corrected chi connectivity index (χ3v) is 1.45. The van der Waals surface area contributed by atoms with E-state index >= 15 is 0 Å². The number of carbonyl (C=O) groups excluding carboxylic acids is 1. The van der Waals surface area contributed by atoms with E-state index in [1.165, 1.54) is 0 Å². The molecule has 1 rings (SSSR count). The zero-order chi connectivity index (χ0) is 9.68. The second kappa shape index (κ2) is 4.44. The average Bonchev–Trinajstić information content (AvgIpc) is 2.15. The quantitative estimate of drug-likeness (QED) is 0.513. The van der Waals surface area contributed by atoms with Crippen LogP contribution in [-0.4, -0.2) is 17.5 Å². The minimum Gasteiger partial charge on any atom is -0.381 e. The van der Waals surface area contributed by atoms with Crippen molar-refractivity contribution in [2.45, 2.75) is 13.0 Å². The first-order valence-electron chi connectivity index (χ1n) is 3.97. The number of aliphatic hydroxyl groups is 1. The number of aldehydes is 1. The summed E-state index contributed by atoms with van der Waals surface area (Å²) in [6.07, 6.45) is 0.132. The zero-order valence-corrected chi connectivity index (χ0v) is 7.32. The lowest BCUT2D eigenvalue weighted by atomic mass is 10.1. The van der Waals surface area contributed by atoms with Gasteiger partial charge in [-0.3, -0.25) is 4.79 Å². The molecule has 1 N–H and O–H groups in total. The van der Waals surface area contributed by atoms with Crippen LogP contribution in [-0.2, 0) is 0 Å². The lowest BCUT2D eigenvalue weighted by Crippen LogP contribution is -1.92. The van der Waals surface area contributed by atoms with Gasteiger partial charge in [-0.2, -0.15) is 0 Å². The Morgan fingerprint density at radius 3 is 2.92 bits per heavy atom. The van der Waals surface area contributed by atoms with E-state index in [2.05, 4.69) is 11.8 Å². The monoisotopic (exact) mass is 174 g/mol. The molecule has 66 valence electrons. The van der Waals surface area contributed by atoms with Gasteiger partial charge in [0.05, 0.1) is 0 Å². The van der Waals surface area contributed by atoms with Crippen molar-refractivity contribution in [2.24, 2.45) is 0 Å². The van der Waals surface area contributed by atoms with E-state index in [0.29, 0.717) is 5.56 Å². The molecule has 1 aromatic rings. The van der Waals surface area contributed by atoms with Gasteiger partial charge in [0, 0.05) is 11.1 Å². The molecule has 0 fully saturated rings. The molecule has 0 heterocycles. The standard InChI is InChI=1S/C11H10O2/c1-9(13)5-6-10-3-2-4-11(7-10)8-12/h2-4,7-9,13H,1H3/t9-/m0/s1. The van der Waals surface area contributed by atoms with Crippen LogP contribution in [0.2, 0.25) is 0 Å². The molecule has 0 unspecified atom stereocenters. The van der Waals surface area contributed by atoms with E-state index in [4.69, 9.17) is 5.11 Å². The zero-order valence-electron chi connectivity index (χ0n) is 7.32. The number of rotatable bonds is 1. The van der Waals surface area contributed by atoms with Crippen molar-refractivity contribution in [3.63, 3.8) is 0 Å². The SMILES string of the molecule is C[C@H](O)C#Cc1cccc(C=O)c1. The summed E-state index contributed by atoms with van der Waals surface area (Å²) in [5.41, 5.74) is 1.34. The summed E-state index contributed by atoms with van der Waals surface area (Å²) in [5.74, 6) is 5.36. The Kier molecular flexibility index (Phi) is 3.24. The summed E-state index contributed by atoms with van der Waals surface area (Å²) in [7, 11) is 0. The van der Waals surface area contributed by atoms with Gasteiger partial charge in [0.25, 0.3) is 0 Å². The molecular formula is C11H10O2. The van der Waals surface area contributed by atoms with Crippen LogP contribution in [0.5, 0.6) is 0 Å². The molecule has 0 spiro atoms. The van der Waals surface area contributed by atoms with Crippen molar-refractivity contribution < 1.29 is 9.90 Å². The molecule has 0 aliphatic heterocycles. The molecule has 0 bridgehead atoms. The maximum atomic E-state index is 10.4. The molecule has 2 nitrogen and oxygen atoms in total. The largest absolute Gasteiger partial charge is 0.381 e. The minimum absolute atomic E-state index is 0.595. The smallest absolute Gasteiger partial charge is 0.150 e. The molecule has 0 saturated carbocycles. The van der Waals surface area contributed by atoms with Gasteiger partial charge in [-0.15, -0.1) is 0 Å². The summed E-state index contributed by atoms with van der Waals surface area (Å²) in [5, 5.41) is 8.90. The highest BCUT2D eigenvalue weighted by molar-refractivity contribution is 5.75. The number of aliphatic hydroxyl groups excluding tert-OH is 1. The molecule has 0 aliphatic rings. The first kappa shape index (κ1) is 9.50. The lowest BCUT2D eigenvalue weighted by Gasteiger charge is -1.92. The van der Waals surface area contributed by atoms with Crippen molar-refractivity contribution in [2.75, 3.05) is 0 Å². The predicted molar refractivity (Wildman–Crippen MR) is 50.4 cm³/mol. The normalized spacial score (nSPS) is 11.2. The molecule has 0 saturated heterocycles. The summed E-state index contributed by atoms with van der Waals surface area (Å²) in [6, 6.07) is 6.95. The Morgan fingerprint density at radius 1 is 1.54 bits per heavy atom. The fourth-order valence-electron chi connectivity index (χ4n) is 0.878. The third kappa shape index (κ3) is 3.10. The second-order valence-corrected chi connectivity index (χ2v) is 2.69. The highest BCUT2D eigenvalue weighted by atomic mass is 16.3. The van der Waals surface area contributed by atoms with E-state index in [-0.39, 0.29) is 0 Å². The van der Waals surface area contributed by atoms with Crippen LogP contribution in [0.3, 0.4) is 0 Å². The molecule has 2 heteroatoms.